The summed E-state index contributed by atoms with van der Waals surface area (Å²) in [5.41, 5.74) is 1.99. The van der Waals surface area contributed by atoms with E-state index < -0.39 is 16.0 Å². The van der Waals surface area contributed by atoms with Crippen molar-refractivity contribution < 1.29 is 18.3 Å². The Morgan fingerprint density at radius 3 is 2.48 bits per heavy atom. The van der Waals surface area contributed by atoms with Crippen LogP contribution in [0, 0.1) is 19.8 Å². The number of carboxylic acids is 1. The maximum absolute atomic E-state index is 12.1. The number of aliphatic carboxylic acids is 1. The monoisotopic (exact) mass is 313 g/mol. The van der Waals surface area contributed by atoms with E-state index in [0.717, 1.165) is 11.1 Å². The molecule has 0 fully saturated rings. The minimum Gasteiger partial charge on any atom is -0.481 e. The lowest BCUT2D eigenvalue weighted by atomic mass is 10.0. The SMILES string of the molecule is Cc1ccc(S(=O)(=O)NCCC(C)CCC(=O)O)cc1C. The largest absolute Gasteiger partial charge is 0.481 e. The van der Waals surface area contributed by atoms with E-state index in [4.69, 9.17) is 5.11 Å². The van der Waals surface area contributed by atoms with Gasteiger partial charge in [-0.2, -0.15) is 0 Å². The van der Waals surface area contributed by atoms with Gasteiger partial charge in [0.2, 0.25) is 10.0 Å². The zero-order valence-electron chi connectivity index (χ0n) is 12.7. The normalized spacial score (nSPS) is 13.1. The third-order valence-electron chi connectivity index (χ3n) is 3.57. The van der Waals surface area contributed by atoms with E-state index in [-0.39, 0.29) is 17.2 Å². The number of sulfonamides is 1. The van der Waals surface area contributed by atoms with Crippen molar-refractivity contribution in [1.82, 2.24) is 4.72 Å². The van der Waals surface area contributed by atoms with Gasteiger partial charge in [0, 0.05) is 13.0 Å². The average molecular weight is 313 g/mol. The third kappa shape index (κ3) is 5.85. The first-order valence-corrected chi connectivity index (χ1v) is 8.49. The number of rotatable bonds is 8. The molecule has 0 aromatic heterocycles. The van der Waals surface area contributed by atoms with Gasteiger partial charge in [-0.3, -0.25) is 4.79 Å². The first-order valence-electron chi connectivity index (χ1n) is 7.01. The summed E-state index contributed by atoms with van der Waals surface area (Å²) < 4.78 is 26.8. The fraction of sp³-hybridized carbons (Fsp3) is 0.533. The number of carboxylic acid groups (broad SMARTS) is 1. The van der Waals surface area contributed by atoms with Crippen LogP contribution in [0.2, 0.25) is 0 Å². The molecule has 21 heavy (non-hydrogen) atoms. The van der Waals surface area contributed by atoms with Gasteiger partial charge < -0.3 is 5.11 Å². The number of aryl methyl sites for hydroxylation is 2. The molecular formula is C15H23NO4S. The Kier molecular flexibility index (Phi) is 6.36. The molecular weight excluding hydrogens is 290 g/mol. The van der Waals surface area contributed by atoms with Gasteiger partial charge in [0.15, 0.2) is 0 Å². The number of hydrogen-bond acceptors (Lipinski definition) is 3. The molecule has 0 bridgehead atoms. The average Bonchev–Trinajstić information content (AvgIpc) is 2.39. The van der Waals surface area contributed by atoms with Gasteiger partial charge in [0.25, 0.3) is 0 Å². The van der Waals surface area contributed by atoms with Crippen LogP contribution in [0.15, 0.2) is 23.1 Å². The number of hydrogen-bond donors (Lipinski definition) is 2. The highest BCUT2D eigenvalue weighted by Crippen LogP contribution is 2.15. The first-order chi connectivity index (χ1) is 9.72. The van der Waals surface area contributed by atoms with E-state index in [0.29, 0.717) is 19.4 Å². The third-order valence-corrected chi connectivity index (χ3v) is 5.03. The van der Waals surface area contributed by atoms with E-state index in [9.17, 15) is 13.2 Å². The van der Waals surface area contributed by atoms with Crippen molar-refractivity contribution in [3.05, 3.63) is 29.3 Å². The molecule has 6 heteroatoms. The minimum atomic E-state index is -3.49. The Bertz CT molecular complexity index is 596. The van der Waals surface area contributed by atoms with Crippen LogP contribution >= 0.6 is 0 Å². The molecule has 0 heterocycles. The van der Waals surface area contributed by atoms with Crippen LogP contribution in [0.5, 0.6) is 0 Å². The topological polar surface area (TPSA) is 83.5 Å². The van der Waals surface area contributed by atoms with Gasteiger partial charge in [-0.05, 0) is 55.9 Å². The van der Waals surface area contributed by atoms with Crippen LogP contribution in [0.4, 0.5) is 0 Å². The van der Waals surface area contributed by atoms with Crippen LogP contribution < -0.4 is 4.72 Å². The summed E-state index contributed by atoms with van der Waals surface area (Å²) in [5.74, 6) is -0.652. The quantitative estimate of drug-likeness (QED) is 0.772. The molecule has 0 saturated heterocycles. The van der Waals surface area contributed by atoms with Crippen LogP contribution in [0.3, 0.4) is 0 Å². The molecule has 1 rings (SSSR count). The molecule has 1 aromatic carbocycles. The molecule has 0 saturated carbocycles. The summed E-state index contributed by atoms with van der Waals surface area (Å²) in [4.78, 5) is 10.7. The number of nitrogens with one attached hydrogen (secondary N) is 1. The second-order valence-corrected chi connectivity index (χ2v) is 7.24. The van der Waals surface area contributed by atoms with Crippen molar-refractivity contribution in [3.8, 4) is 0 Å². The molecule has 1 aromatic rings. The Labute approximate surface area is 126 Å². The zero-order chi connectivity index (χ0) is 16.0. The summed E-state index contributed by atoms with van der Waals surface area (Å²) in [7, 11) is -3.49. The summed E-state index contributed by atoms with van der Waals surface area (Å²) in [6.07, 6.45) is 1.29. The van der Waals surface area contributed by atoms with Crippen molar-refractivity contribution in [1.29, 1.82) is 0 Å². The molecule has 0 aliphatic rings. The summed E-state index contributed by atoms with van der Waals surface area (Å²) in [5, 5.41) is 8.60. The fourth-order valence-corrected chi connectivity index (χ4v) is 3.05. The van der Waals surface area contributed by atoms with Crippen LogP contribution in [0.25, 0.3) is 0 Å². The van der Waals surface area contributed by atoms with E-state index in [2.05, 4.69) is 4.72 Å². The van der Waals surface area contributed by atoms with Gasteiger partial charge in [-0.15, -0.1) is 0 Å². The molecule has 0 aliphatic carbocycles. The lowest BCUT2D eigenvalue weighted by Gasteiger charge is -2.12. The molecule has 1 atom stereocenters. The highest BCUT2D eigenvalue weighted by atomic mass is 32.2. The maximum atomic E-state index is 12.1. The lowest BCUT2D eigenvalue weighted by Crippen LogP contribution is -2.26. The van der Waals surface area contributed by atoms with E-state index in [1.165, 1.54) is 0 Å². The summed E-state index contributed by atoms with van der Waals surface area (Å²) >= 11 is 0. The Morgan fingerprint density at radius 2 is 1.90 bits per heavy atom. The van der Waals surface area contributed by atoms with Gasteiger partial charge in [0.1, 0.15) is 0 Å². The molecule has 0 aliphatic heterocycles. The van der Waals surface area contributed by atoms with E-state index in [1.807, 2.05) is 20.8 Å². The summed E-state index contributed by atoms with van der Waals surface area (Å²) in [6, 6.07) is 5.05. The van der Waals surface area contributed by atoms with Crippen molar-refractivity contribution in [2.24, 2.45) is 5.92 Å². The molecule has 1 unspecified atom stereocenters. The Balaban J connectivity index is 2.53. The van der Waals surface area contributed by atoms with Gasteiger partial charge in [-0.1, -0.05) is 13.0 Å². The number of carbonyl (C=O) groups is 1. The molecule has 118 valence electrons. The highest BCUT2D eigenvalue weighted by Gasteiger charge is 2.15. The molecule has 0 radical (unpaired) electrons. The maximum Gasteiger partial charge on any atom is 0.303 e. The van der Waals surface area contributed by atoms with E-state index >= 15 is 0 Å². The number of benzene rings is 1. The highest BCUT2D eigenvalue weighted by molar-refractivity contribution is 7.89. The second kappa shape index (κ2) is 7.56. The summed E-state index contributed by atoms with van der Waals surface area (Å²) in [6.45, 7) is 6.05. The second-order valence-electron chi connectivity index (χ2n) is 5.47. The first kappa shape index (κ1) is 17.7. The zero-order valence-corrected chi connectivity index (χ0v) is 13.5. The lowest BCUT2D eigenvalue weighted by molar-refractivity contribution is -0.137. The molecule has 5 nitrogen and oxygen atoms in total. The van der Waals surface area contributed by atoms with Crippen molar-refractivity contribution in [2.75, 3.05) is 6.54 Å². The fourth-order valence-electron chi connectivity index (χ4n) is 1.92. The van der Waals surface area contributed by atoms with Crippen LogP contribution in [-0.2, 0) is 14.8 Å². The predicted octanol–water partition coefficient (Wildman–Crippen LogP) is 2.47. The molecule has 0 spiro atoms. The van der Waals surface area contributed by atoms with Crippen molar-refractivity contribution in [3.63, 3.8) is 0 Å². The molecule has 2 N–H and O–H groups in total. The van der Waals surface area contributed by atoms with Crippen molar-refractivity contribution >= 4 is 16.0 Å². The standard InChI is InChI=1S/C15H23NO4S/c1-11(4-7-15(17)18)8-9-16-21(19,20)14-6-5-12(2)13(3)10-14/h5-6,10-11,16H,4,7-9H2,1-3H3,(H,17,18). The van der Waals surface area contributed by atoms with Gasteiger partial charge in [-0.25, -0.2) is 13.1 Å². The Morgan fingerprint density at radius 1 is 1.24 bits per heavy atom. The van der Waals surface area contributed by atoms with Crippen LogP contribution in [-0.4, -0.2) is 26.0 Å². The smallest absolute Gasteiger partial charge is 0.303 e. The molecule has 0 amide bonds. The minimum absolute atomic E-state index is 0.116. The van der Waals surface area contributed by atoms with E-state index in [1.54, 1.807) is 18.2 Å². The predicted molar refractivity (Wildman–Crippen MR) is 81.8 cm³/mol. The van der Waals surface area contributed by atoms with Gasteiger partial charge >= 0.3 is 5.97 Å². The van der Waals surface area contributed by atoms with Gasteiger partial charge in [0.05, 0.1) is 4.90 Å². The van der Waals surface area contributed by atoms with Crippen LogP contribution in [0.1, 0.15) is 37.3 Å². The van der Waals surface area contributed by atoms with Crippen molar-refractivity contribution in [2.45, 2.75) is 44.9 Å². The Hall–Kier alpha value is -1.40.